The van der Waals surface area contributed by atoms with Crippen molar-refractivity contribution in [3.63, 3.8) is 0 Å². The van der Waals surface area contributed by atoms with Crippen LogP contribution in [0.15, 0.2) is 30.3 Å². The summed E-state index contributed by atoms with van der Waals surface area (Å²) in [5, 5.41) is 13.3. The number of aromatic nitrogens is 4. The van der Waals surface area contributed by atoms with Crippen molar-refractivity contribution in [1.82, 2.24) is 24.5 Å². The number of fused-ring (bicyclic) bond motifs is 1. The van der Waals surface area contributed by atoms with Crippen LogP contribution in [0.2, 0.25) is 0 Å². The second kappa shape index (κ2) is 6.69. The minimum absolute atomic E-state index is 0.0901. The molecule has 25 heavy (non-hydrogen) atoms. The first-order chi connectivity index (χ1) is 12.0. The van der Waals surface area contributed by atoms with Gasteiger partial charge in [0.05, 0.1) is 18.1 Å². The van der Waals surface area contributed by atoms with Crippen molar-refractivity contribution < 1.29 is 4.79 Å². The standard InChI is InChI=1S/C18H18N6O/c1-12-7-13(2)24-18(20-12)21-16(22-24)9-17(25)23(3)11-15-6-4-5-14(8-15)10-19/h4-8H,9,11H2,1-3H3. The first kappa shape index (κ1) is 16.6. The SMILES string of the molecule is Cc1cc(C)n2nc(CC(=O)N(C)Cc3cccc(C#N)c3)nc2n1. The molecule has 3 rings (SSSR count). The van der Waals surface area contributed by atoms with Crippen LogP contribution in [-0.2, 0) is 17.8 Å². The van der Waals surface area contributed by atoms with E-state index in [9.17, 15) is 4.79 Å². The molecule has 0 saturated carbocycles. The second-order valence-electron chi connectivity index (χ2n) is 6.02. The molecular weight excluding hydrogens is 316 g/mol. The zero-order valence-electron chi connectivity index (χ0n) is 14.4. The van der Waals surface area contributed by atoms with E-state index in [1.165, 1.54) is 0 Å². The maximum absolute atomic E-state index is 12.5. The van der Waals surface area contributed by atoms with Crippen molar-refractivity contribution in [1.29, 1.82) is 5.26 Å². The van der Waals surface area contributed by atoms with Crippen molar-refractivity contribution in [2.24, 2.45) is 0 Å². The molecule has 0 aliphatic rings. The molecule has 0 atom stereocenters. The van der Waals surface area contributed by atoms with Gasteiger partial charge in [0.2, 0.25) is 5.91 Å². The normalized spacial score (nSPS) is 10.6. The van der Waals surface area contributed by atoms with Gasteiger partial charge in [0.25, 0.3) is 5.78 Å². The van der Waals surface area contributed by atoms with Gasteiger partial charge in [-0.1, -0.05) is 12.1 Å². The third-order valence-electron chi connectivity index (χ3n) is 3.87. The molecule has 1 aromatic carbocycles. The van der Waals surface area contributed by atoms with Crippen LogP contribution >= 0.6 is 0 Å². The number of hydrogen-bond donors (Lipinski definition) is 0. The molecule has 7 nitrogen and oxygen atoms in total. The van der Waals surface area contributed by atoms with Crippen LogP contribution in [0.1, 0.15) is 28.3 Å². The van der Waals surface area contributed by atoms with Crippen LogP contribution < -0.4 is 0 Å². The van der Waals surface area contributed by atoms with E-state index in [1.807, 2.05) is 32.0 Å². The van der Waals surface area contributed by atoms with Crippen LogP contribution in [0.4, 0.5) is 0 Å². The molecule has 3 aromatic rings. The number of carbonyl (C=O) groups excluding carboxylic acids is 1. The smallest absolute Gasteiger partial charge is 0.252 e. The summed E-state index contributed by atoms with van der Waals surface area (Å²) < 4.78 is 1.64. The van der Waals surface area contributed by atoms with Gasteiger partial charge in [0.1, 0.15) is 0 Å². The Labute approximate surface area is 145 Å². The minimum atomic E-state index is -0.0901. The molecule has 0 N–H and O–H groups in total. The van der Waals surface area contributed by atoms with Gasteiger partial charge in [-0.3, -0.25) is 4.79 Å². The van der Waals surface area contributed by atoms with Gasteiger partial charge in [-0.05, 0) is 37.6 Å². The van der Waals surface area contributed by atoms with E-state index >= 15 is 0 Å². The molecule has 1 amide bonds. The van der Waals surface area contributed by atoms with E-state index in [4.69, 9.17) is 5.26 Å². The lowest BCUT2D eigenvalue weighted by Crippen LogP contribution is -2.28. The van der Waals surface area contributed by atoms with Crippen molar-refractivity contribution in [3.8, 4) is 6.07 Å². The van der Waals surface area contributed by atoms with Crippen LogP contribution in [0.3, 0.4) is 0 Å². The number of nitriles is 1. The molecule has 0 aliphatic heterocycles. The third kappa shape index (κ3) is 3.63. The monoisotopic (exact) mass is 334 g/mol. The van der Waals surface area contributed by atoms with Gasteiger partial charge in [-0.2, -0.15) is 10.2 Å². The Kier molecular flexibility index (Phi) is 4.44. The van der Waals surface area contributed by atoms with Crippen molar-refractivity contribution >= 4 is 11.7 Å². The van der Waals surface area contributed by atoms with Gasteiger partial charge in [0.15, 0.2) is 5.82 Å². The Morgan fingerprint density at radius 3 is 2.84 bits per heavy atom. The lowest BCUT2D eigenvalue weighted by Gasteiger charge is -2.16. The van der Waals surface area contributed by atoms with E-state index in [1.54, 1.807) is 28.6 Å². The van der Waals surface area contributed by atoms with Gasteiger partial charge >= 0.3 is 0 Å². The van der Waals surface area contributed by atoms with E-state index in [2.05, 4.69) is 21.1 Å². The van der Waals surface area contributed by atoms with E-state index < -0.39 is 0 Å². The molecule has 0 radical (unpaired) electrons. The summed E-state index contributed by atoms with van der Waals surface area (Å²) in [5.41, 5.74) is 3.28. The summed E-state index contributed by atoms with van der Waals surface area (Å²) in [7, 11) is 1.73. The Balaban J connectivity index is 1.73. The predicted molar refractivity (Wildman–Crippen MR) is 91.6 cm³/mol. The molecule has 7 heteroatoms. The number of likely N-dealkylation sites (N-methyl/N-ethyl adjacent to an activating group) is 1. The topological polar surface area (TPSA) is 87.2 Å². The van der Waals surface area contributed by atoms with Gasteiger partial charge in [0, 0.05) is 25.0 Å². The van der Waals surface area contributed by atoms with Crippen LogP contribution in [0.25, 0.3) is 5.78 Å². The molecular formula is C18H18N6O. The summed E-state index contributed by atoms with van der Waals surface area (Å²) in [4.78, 5) is 22.7. The lowest BCUT2D eigenvalue weighted by atomic mass is 10.1. The van der Waals surface area contributed by atoms with E-state index in [0.29, 0.717) is 23.7 Å². The lowest BCUT2D eigenvalue weighted by molar-refractivity contribution is -0.129. The highest BCUT2D eigenvalue weighted by atomic mass is 16.2. The van der Waals surface area contributed by atoms with Gasteiger partial charge < -0.3 is 4.90 Å². The molecule has 2 heterocycles. The molecule has 0 aliphatic carbocycles. The Morgan fingerprint density at radius 1 is 1.28 bits per heavy atom. The highest BCUT2D eigenvalue weighted by Gasteiger charge is 2.15. The fourth-order valence-corrected chi connectivity index (χ4v) is 2.65. The number of nitrogens with zero attached hydrogens (tertiary/aromatic N) is 6. The zero-order chi connectivity index (χ0) is 18.0. The summed E-state index contributed by atoms with van der Waals surface area (Å²) in [6.07, 6.45) is 0.107. The summed E-state index contributed by atoms with van der Waals surface area (Å²) >= 11 is 0. The van der Waals surface area contributed by atoms with Crippen LogP contribution in [0.5, 0.6) is 0 Å². The zero-order valence-corrected chi connectivity index (χ0v) is 14.4. The average molecular weight is 334 g/mol. The van der Waals surface area contributed by atoms with Crippen molar-refractivity contribution in [3.05, 3.63) is 58.7 Å². The third-order valence-corrected chi connectivity index (χ3v) is 3.87. The predicted octanol–water partition coefficient (Wildman–Crippen LogP) is 1.81. The summed E-state index contributed by atoms with van der Waals surface area (Å²) in [6, 6.07) is 11.2. The molecule has 0 saturated heterocycles. The number of rotatable bonds is 4. The summed E-state index contributed by atoms with van der Waals surface area (Å²) in [5.74, 6) is 0.862. The Bertz CT molecular complexity index is 985. The average Bonchev–Trinajstić information content (AvgIpc) is 2.97. The first-order valence-corrected chi connectivity index (χ1v) is 7.89. The maximum atomic E-state index is 12.5. The minimum Gasteiger partial charge on any atom is -0.341 e. The van der Waals surface area contributed by atoms with E-state index in [-0.39, 0.29) is 12.3 Å². The van der Waals surface area contributed by atoms with Crippen molar-refractivity contribution in [2.45, 2.75) is 26.8 Å². The highest BCUT2D eigenvalue weighted by Crippen LogP contribution is 2.09. The molecule has 0 bridgehead atoms. The van der Waals surface area contributed by atoms with Crippen molar-refractivity contribution in [2.75, 3.05) is 7.05 Å². The molecule has 2 aromatic heterocycles. The molecule has 0 unspecified atom stereocenters. The number of benzene rings is 1. The summed E-state index contributed by atoms with van der Waals surface area (Å²) in [6.45, 7) is 4.25. The Morgan fingerprint density at radius 2 is 2.08 bits per heavy atom. The first-order valence-electron chi connectivity index (χ1n) is 7.89. The fourth-order valence-electron chi connectivity index (χ4n) is 2.65. The second-order valence-corrected chi connectivity index (χ2v) is 6.02. The van der Waals surface area contributed by atoms with Gasteiger partial charge in [-0.25, -0.2) is 9.50 Å². The quantitative estimate of drug-likeness (QED) is 0.726. The number of amides is 1. The van der Waals surface area contributed by atoms with Crippen LogP contribution in [-0.4, -0.2) is 37.4 Å². The number of aryl methyl sites for hydroxylation is 2. The number of hydrogen-bond acceptors (Lipinski definition) is 5. The molecule has 126 valence electrons. The maximum Gasteiger partial charge on any atom is 0.252 e. The largest absolute Gasteiger partial charge is 0.341 e. The molecule has 0 fully saturated rings. The van der Waals surface area contributed by atoms with Crippen LogP contribution in [0, 0.1) is 25.2 Å². The Hall–Kier alpha value is -3.27. The fraction of sp³-hybridized carbons (Fsp3) is 0.278. The highest BCUT2D eigenvalue weighted by molar-refractivity contribution is 5.77. The molecule has 0 spiro atoms. The van der Waals surface area contributed by atoms with Gasteiger partial charge in [-0.15, -0.1) is 5.10 Å². The van der Waals surface area contributed by atoms with E-state index in [0.717, 1.165) is 17.0 Å². The number of carbonyl (C=O) groups is 1.